The first-order valence-electron chi connectivity index (χ1n) is 6.74. The number of rotatable bonds is 5. The molecule has 0 aliphatic heterocycles. The highest BCUT2D eigenvalue weighted by atomic mass is 32.2. The number of thiophene rings is 2. The summed E-state index contributed by atoms with van der Waals surface area (Å²) in [5.74, 6) is -0.225. The summed E-state index contributed by atoms with van der Waals surface area (Å²) in [6.45, 7) is 2.04. The van der Waals surface area contributed by atoms with Crippen LogP contribution < -0.4 is 10.5 Å². The number of thiazole rings is 1. The first kappa shape index (κ1) is 17.2. The van der Waals surface area contributed by atoms with Crippen molar-refractivity contribution in [2.24, 2.45) is 5.14 Å². The van der Waals surface area contributed by atoms with Crippen molar-refractivity contribution in [3.63, 3.8) is 0 Å². The zero-order chi connectivity index (χ0) is 17.3. The molecule has 10 heteroatoms. The van der Waals surface area contributed by atoms with Gasteiger partial charge in [-0.1, -0.05) is 0 Å². The standard InChI is InChI=1S/C14H13N3O3S4/c1-8-12(23-14(17-8)9-4-5-21-7-9)13(18)16-6-10-2-3-11(22-10)24(15,19)20/h2-5,7H,6H2,1H3,(H,16,18)(H2,15,19,20). The van der Waals surface area contributed by atoms with Crippen molar-refractivity contribution in [2.75, 3.05) is 0 Å². The van der Waals surface area contributed by atoms with Crippen molar-refractivity contribution < 1.29 is 13.2 Å². The maximum Gasteiger partial charge on any atom is 0.263 e. The van der Waals surface area contributed by atoms with E-state index in [2.05, 4.69) is 10.3 Å². The summed E-state index contributed by atoms with van der Waals surface area (Å²) in [4.78, 5) is 18.1. The number of carbonyl (C=O) groups is 1. The quantitative estimate of drug-likeness (QED) is 0.688. The Balaban J connectivity index is 1.70. The Morgan fingerprint density at radius 3 is 2.71 bits per heavy atom. The van der Waals surface area contributed by atoms with Gasteiger partial charge in [0, 0.05) is 15.8 Å². The highest BCUT2D eigenvalue weighted by Crippen LogP contribution is 2.29. The average Bonchev–Trinajstić information content (AvgIpc) is 3.24. The molecule has 0 aliphatic carbocycles. The van der Waals surface area contributed by atoms with Gasteiger partial charge in [0.15, 0.2) is 0 Å². The molecule has 0 saturated carbocycles. The zero-order valence-electron chi connectivity index (χ0n) is 12.5. The summed E-state index contributed by atoms with van der Waals surface area (Å²) < 4.78 is 22.6. The molecule has 0 atom stereocenters. The number of nitrogens with one attached hydrogen (secondary N) is 1. The molecule has 0 spiro atoms. The maximum atomic E-state index is 12.3. The van der Waals surface area contributed by atoms with E-state index in [1.54, 1.807) is 24.3 Å². The fourth-order valence-corrected chi connectivity index (χ4v) is 5.38. The first-order valence-corrected chi connectivity index (χ1v) is 10.9. The summed E-state index contributed by atoms with van der Waals surface area (Å²) in [6, 6.07) is 5.04. The molecule has 0 saturated heterocycles. The molecule has 0 aromatic carbocycles. The van der Waals surface area contributed by atoms with Crippen LogP contribution in [-0.4, -0.2) is 19.3 Å². The van der Waals surface area contributed by atoms with Crippen molar-refractivity contribution in [3.8, 4) is 10.6 Å². The van der Waals surface area contributed by atoms with Crippen LogP contribution in [0.3, 0.4) is 0 Å². The molecule has 3 aromatic rings. The van der Waals surface area contributed by atoms with Gasteiger partial charge in [0.05, 0.1) is 12.2 Å². The molecule has 3 N–H and O–H groups in total. The monoisotopic (exact) mass is 399 g/mol. The predicted molar refractivity (Wildman–Crippen MR) is 97.0 cm³/mol. The number of hydrogen-bond donors (Lipinski definition) is 2. The molecular formula is C14H13N3O3S4. The van der Waals surface area contributed by atoms with E-state index >= 15 is 0 Å². The van der Waals surface area contributed by atoms with Gasteiger partial charge in [-0.05, 0) is 30.5 Å². The number of hydrogen-bond acceptors (Lipinski definition) is 7. The van der Waals surface area contributed by atoms with Gasteiger partial charge in [-0.15, -0.1) is 22.7 Å². The number of nitrogens with zero attached hydrogens (tertiary/aromatic N) is 1. The van der Waals surface area contributed by atoms with Crippen LogP contribution in [0.5, 0.6) is 0 Å². The number of aromatic nitrogens is 1. The van der Waals surface area contributed by atoms with E-state index in [1.165, 1.54) is 17.4 Å². The number of carbonyl (C=O) groups excluding carboxylic acids is 1. The average molecular weight is 400 g/mol. The van der Waals surface area contributed by atoms with E-state index in [-0.39, 0.29) is 16.7 Å². The molecular weight excluding hydrogens is 386 g/mol. The second kappa shape index (κ2) is 6.73. The van der Waals surface area contributed by atoms with Crippen LogP contribution in [0, 0.1) is 6.92 Å². The van der Waals surface area contributed by atoms with E-state index in [1.807, 2.05) is 16.8 Å². The minimum absolute atomic E-state index is 0.0838. The third kappa shape index (κ3) is 3.73. The maximum absolute atomic E-state index is 12.3. The predicted octanol–water partition coefficient (Wildman–Crippen LogP) is 2.82. The number of nitrogens with two attached hydrogens (primary N) is 1. The van der Waals surface area contributed by atoms with Gasteiger partial charge < -0.3 is 5.32 Å². The fraction of sp³-hybridized carbons (Fsp3) is 0.143. The van der Waals surface area contributed by atoms with Crippen molar-refractivity contribution in [2.45, 2.75) is 17.7 Å². The van der Waals surface area contributed by atoms with Crippen molar-refractivity contribution >= 4 is 49.9 Å². The van der Waals surface area contributed by atoms with Crippen LogP contribution >= 0.6 is 34.0 Å². The molecule has 0 unspecified atom stereocenters. The largest absolute Gasteiger partial charge is 0.346 e. The molecule has 3 rings (SSSR count). The van der Waals surface area contributed by atoms with Gasteiger partial charge in [0.1, 0.15) is 14.1 Å². The second-order valence-corrected chi connectivity index (χ2v) is 9.63. The number of aryl methyl sites for hydroxylation is 1. The number of primary sulfonamides is 1. The number of amides is 1. The third-order valence-corrected chi connectivity index (χ3v) is 7.52. The summed E-state index contributed by atoms with van der Waals surface area (Å²) in [5, 5.41) is 12.6. The molecule has 126 valence electrons. The molecule has 0 fully saturated rings. The van der Waals surface area contributed by atoms with E-state index in [0.717, 1.165) is 21.9 Å². The molecule has 0 radical (unpaired) electrons. The normalized spacial score (nSPS) is 11.6. The summed E-state index contributed by atoms with van der Waals surface area (Å²) in [5.41, 5.74) is 1.68. The summed E-state index contributed by atoms with van der Waals surface area (Å²) in [6.07, 6.45) is 0. The summed E-state index contributed by atoms with van der Waals surface area (Å²) >= 11 is 3.96. The lowest BCUT2D eigenvalue weighted by Crippen LogP contribution is -2.22. The first-order chi connectivity index (χ1) is 11.3. The minimum Gasteiger partial charge on any atom is -0.346 e. The molecule has 0 aliphatic rings. The van der Waals surface area contributed by atoms with Crippen LogP contribution in [-0.2, 0) is 16.6 Å². The Labute approximate surface area is 151 Å². The van der Waals surface area contributed by atoms with E-state index in [0.29, 0.717) is 15.4 Å². The Morgan fingerprint density at radius 1 is 1.29 bits per heavy atom. The van der Waals surface area contributed by atoms with Crippen LogP contribution in [0.2, 0.25) is 0 Å². The van der Waals surface area contributed by atoms with Crippen LogP contribution in [0.4, 0.5) is 0 Å². The van der Waals surface area contributed by atoms with Gasteiger partial charge in [-0.2, -0.15) is 11.3 Å². The molecule has 3 aromatic heterocycles. The van der Waals surface area contributed by atoms with Gasteiger partial charge in [-0.25, -0.2) is 18.5 Å². The fourth-order valence-electron chi connectivity index (χ4n) is 1.97. The smallest absolute Gasteiger partial charge is 0.263 e. The van der Waals surface area contributed by atoms with Gasteiger partial charge in [0.25, 0.3) is 5.91 Å². The molecule has 0 bridgehead atoms. The van der Waals surface area contributed by atoms with Gasteiger partial charge in [0.2, 0.25) is 10.0 Å². The van der Waals surface area contributed by atoms with E-state index in [4.69, 9.17) is 5.14 Å². The lowest BCUT2D eigenvalue weighted by molar-refractivity contribution is 0.0954. The third-order valence-electron chi connectivity index (χ3n) is 3.11. The highest BCUT2D eigenvalue weighted by molar-refractivity contribution is 7.91. The Kier molecular flexibility index (Phi) is 4.83. The topological polar surface area (TPSA) is 102 Å². The van der Waals surface area contributed by atoms with Crippen molar-refractivity contribution in [3.05, 3.63) is 44.4 Å². The Morgan fingerprint density at radius 2 is 2.08 bits per heavy atom. The second-order valence-electron chi connectivity index (χ2n) is 4.89. The SMILES string of the molecule is Cc1nc(-c2ccsc2)sc1C(=O)NCc1ccc(S(N)(=O)=O)s1. The van der Waals surface area contributed by atoms with Crippen LogP contribution in [0.1, 0.15) is 20.2 Å². The van der Waals surface area contributed by atoms with Crippen molar-refractivity contribution in [1.29, 1.82) is 0 Å². The summed E-state index contributed by atoms with van der Waals surface area (Å²) in [7, 11) is -3.70. The highest BCUT2D eigenvalue weighted by Gasteiger charge is 2.17. The van der Waals surface area contributed by atoms with E-state index in [9.17, 15) is 13.2 Å². The van der Waals surface area contributed by atoms with Crippen LogP contribution in [0.25, 0.3) is 10.6 Å². The Bertz CT molecular complexity index is 971. The molecule has 24 heavy (non-hydrogen) atoms. The van der Waals surface area contributed by atoms with Crippen molar-refractivity contribution in [1.82, 2.24) is 10.3 Å². The molecule has 1 amide bonds. The molecule has 6 nitrogen and oxygen atoms in total. The zero-order valence-corrected chi connectivity index (χ0v) is 15.7. The van der Waals surface area contributed by atoms with Gasteiger partial charge >= 0.3 is 0 Å². The Hall–Kier alpha value is -1.59. The molecule has 3 heterocycles. The minimum atomic E-state index is -3.70. The van der Waals surface area contributed by atoms with E-state index < -0.39 is 10.0 Å². The lowest BCUT2D eigenvalue weighted by atomic mass is 10.3. The number of sulfonamides is 1. The van der Waals surface area contributed by atoms with Crippen LogP contribution in [0.15, 0.2) is 33.2 Å². The lowest BCUT2D eigenvalue weighted by Gasteiger charge is -2.01. The van der Waals surface area contributed by atoms with Gasteiger partial charge in [-0.3, -0.25) is 4.79 Å².